The van der Waals surface area contributed by atoms with Crippen molar-refractivity contribution in [3.63, 3.8) is 0 Å². The van der Waals surface area contributed by atoms with Gasteiger partial charge >= 0.3 is 0 Å². The normalized spacial score (nSPS) is 11.4. The summed E-state index contributed by atoms with van der Waals surface area (Å²) < 4.78 is 1.82. The maximum Gasteiger partial charge on any atom is 0.295 e. The number of hydrogen-bond donors (Lipinski definition) is 1. The van der Waals surface area contributed by atoms with E-state index in [2.05, 4.69) is 17.2 Å². The molecule has 1 N–H and O–H groups in total. The van der Waals surface area contributed by atoms with E-state index in [9.17, 15) is 9.90 Å². The molecule has 3 aromatic rings. The van der Waals surface area contributed by atoms with Crippen molar-refractivity contribution in [2.24, 2.45) is 10.2 Å². The van der Waals surface area contributed by atoms with Gasteiger partial charge in [0.25, 0.3) is 5.91 Å². The number of benzene rings is 2. The number of aromatic nitrogens is 1. The lowest BCUT2D eigenvalue weighted by atomic mass is 10.2. The van der Waals surface area contributed by atoms with Crippen LogP contribution in [0.2, 0.25) is 0 Å². The summed E-state index contributed by atoms with van der Waals surface area (Å²) in [4.78, 5) is 12.1. The quantitative estimate of drug-likeness (QED) is 0.666. The summed E-state index contributed by atoms with van der Waals surface area (Å²) in [5, 5.41) is 19.1. The number of unbranched alkanes of at least 4 members (excludes halogenated alkanes) is 1. The van der Waals surface area contributed by atoms with E-state index >= 15 is 0 Å². The molecule has 24 heavy (non-hydrogen) atoms. The summed E-state index contributed by atoms with van der Waals surface area (Å²) in [5.41, 5.74) is 1.70. The highest BCUT2D eigenvalue weighted by molar-refractivity contribution is 5.97. The van der Waals surface area contributed by atoms with Crippen LogP contribution in [0.4, 0.5) is 5.69 Å². The first-order valence-electron chi connectivity index (χ1n) is 8.03. The molecular formula is C19H19N3O2. The van der Waals surface area contributed by atoms with Crippen molar-refractivity contribution in [1.29, 1.82) is 0 Å². The second-order valence-electron chi connectivity index (χ2n) is 5.57. The summed E-state index contributed by atoms with van der Waals surface area (Å²) in [5.74, 6) is -0.380. The summed E-state index contributed by atoms with van der Waals surface area (Å²) in [6.07, 6.45) is 1.97. The minimum Gasteiger partial charge on any atom is -0.493 e. The number of carbonyl (C=O) groups is 1. The highest BCUT2D eigenvalue weighted by Crippen LogP contribution is 2.39. The predicted molar refractivity (Wildman–Crippen MR) is 93.8 cm³/mol. The third kappa shape index (κ3) is 3.06. The van der Waals surface area contributed by atoms with Crippen LogP contribution in [0.1, 0.15) is 30.1 Å². The first kappa shape index (κ1) is 15.9. The summed E-state index contributed by atoms with van der Waals surface area (Å²) in [6, 6.07) is 16.4. The van der Waals surface area contributed by atoms with Crippen LogP contribution in [-0.4, -0.2) is 15.6 Å². The Morgan fingerprint density at radius 2 is 1.79 bits per heavy atom. The molecule has 0 spiro atoms. The van der Waals surface area contributed by atoms with Crippen molar-refractivity contribution in [1.82, 2.24) is 4.57 Å². The molecule has 0 saturated carbocycles. The van der Waals surface area contributed by atoms with Crippen molar-refractivity contribution in [3.8, 4) is 5.88 Å². The number of fused-ring (bicyclic) bond motifs is 1. The van der Waals surface area contributed by atoms with E-state index in [-0.39, 0.29) is 5.88 Å². The first-order valence-corrected chi connectivity index (χ1v) is 8.03. The first-order chi connectivity index (χ1) is 11.7. The fraction of sp³-hybridized carbons (Fsp3) is 0.211. The van der Waals surface area contributed by atoms with Gasteiger partial charge in [0.15, 0.2) is 5.69 Å². The van der Waals surface area contributed by atoms with Gasteiger partial charge in [-0.25, -0.2) is 0 Å². The maximum absolute atomic E-state index is 12.1. The highest BCUT2D eigenvalue weighted by Gasteiger charge is 2.16. The summed E-state index contributed by atoms with van der Waals surface area (Å²) >= 11 is 0. The second kappa shape index (κ2) is 7.08. The third-order valence-corrected chi connectivity index (χ3v) is 3.91. The fourth-order valence-corrected chi connectivity index (χ4v) is 2.65. The number of hydrogen-bond acceptors (Lipinski definition) is 3. The number of carbonyl (C=O) groups excluding carboxylic acids is 1. The zero-order chi connectivity index (χ0) is 16.9. The Hall–Kier alpha value is -2.95. The van der Waals surface area contributed by atoms with Gasteiger partial charge in [-0.05, 0) is 24.6 Å². The molecule has 1 amide bonds. The average molecular weight is 321 g/mol. The molecule has 0 bridgehead atoms. The fourth-order valence-electron chi connectivity index (χ4n) is 2.65. The monoisotopic (exact) mass is 321 g/mol. The van der Waals surface area contributed by atoms with E-state index in [0.717, 1.165) is 23.7 Å². The Bertz CT molecular complexity index is 882. The zero-order valence-electron chi connectivity index (χ0n) is 13.5. The number of rotatable bonds is 5. The molecule has 0 aliphatic carbocycles. The zero-order valence-corrected chi connectivity index (χ0v) is 13.5. The van der Waals surface area contributed by atoms with Crippen LogP contribution in [0.25, 0.3) is 10.9 Å². The Kier molecular flexibility index (Phi) is 4.70. The Morgan fingerprint density at radius 3 is 2.54 bits per heavy atom. The SMILES string of the molecule is CCCCn1c(O)c(N=NC(=O)c2ccccc2)c2ccccc21. The van der Waals surface area contributed by atoms with Gasteiger partial charge in [-0.1, -0.05) is 49.7 Å². The molecule has 1 aromatic heterocycles. The van der Waals surface area contributed by atoms with Crippen molar-refractivity contribution in [2.75, 3.05) is 0 Å². The van der Waals surface area contributed by atoms with Crippen LogP contribution < -0.4 is 0 Å². The van der Waals surface area contributed by atoms with Crippen molar-refractivity contribution >= 4 is 22.5 Å². The molecule has 0 aliphatic rings. The molecule has 0 unspecified atom stereocenters. The Labute approximate surface area is 140 Å². The standard InChI is InChI=1S/C19H19N3O2/c1-2-3-13-22-16-12-8-7-11-15(16)17(19(22)24)20-21-18(23)14-9-5-4-6-10-14/h4-12,24H,2-3,13H2,1H3. The third-order valence-electron chi connectivity index (χ3n) is 3.91. The minimum absolute atomic E-state index is 0.0502. The molecular weight excluding hydrogens is 302 g/mol. The number of aromatic hydroxyl groups is 1. The molecule has 0 saturated heterocycles. The lowest BCUT2D eigenvalue weighted by molar-refractivity contribution is 0.0995. The number of amides is 1. The van der Waals surface area contributed by atoms with Crippen LogP contribution in [0.5, 0.6) is 5.88 Å². The van der Waals surface area contributed by atoms with Crippen LogP contribution in [0, 0.1) is 0 Å². The predicted octanol–water partition coefficient (Wildman–Crippen LogP) is 5.07. The van der Waals surface area contributed by atoms with E-state index in [4.69, 9.17) is 0 Å². The summed E-state index contributed by atoms with van der Waals surface area (Å²) in [6.45, 7) is 2.80. The molecule has 0 aliphatic heterocycles. The van der Waals surface area contributed by atoms with E-state index in [1.807, 2.05) is 34.9 Å². The van der Waals surface area contributed by atoms with Gasteiger partial charge in [-0.15, -0.1) is 10.2 Å². The molecule has 3 rings (SSSR count). The van der Waals surface area contributed by atoms with E-state index < -0.39 is 5.91 Å². The summed E-state index contributed by atoms with van der Waals surface area (Å²) in [7, 11) is 0. The van der Waals surface area contributed by atoms with Crippen LogP contribution in [0.3, 0.4) is 0 Å². The van der Waals surface area contributed by atoms with Gasteiger partial charge in [-0.2, -0.15) is 0 Å². The van der Waals surface area contributed by atoms with Gasteiger partial charge in [-0.3, -0.25) is 4.79 Å². The number of nitrogens with zero attached hydrogens (tertiary/aromatic N) is 3. The molecule has 0 radical (unpaired) electrons. The highest BCUT2D eigenvalue weighted by atomic mass is 16.3. The largest absolute Gasteiger partial charge is 0.493 e. The maximum atomic E-state index is 12.1. The van der Waals surface area contributed by atoms with Crippen molar-refractivity contribution in [2.45, 2.75) is 26.3 Å². The van der Waals surface area contributed by atoms with Crippen LogP contribution in [-0.2, 0) is 6.54 Å². The van der Waals surface area contributed by atoms with Gasteiger partial charge in [0, 0.05) is 17.5 Å². The average Bonchev–Trinajstić information content (AvgIpc) is 2.90. The minimum atomic E-state index is -0.430. The van der Waals surface area contributed by atoms with E-state index in [0.29, 0.717) is 17.8 Å². The molecule has 1 heterocycles. The lowest BCUT2D eigenvalue weighted by Crippen LogP contribution is -1.96. The lowest BCUT2D eigenvalue weighted by Gasteiger charge is -2.05. The van der Waals surface area contributed by atoms with Gasteiger partial charge in [0.05, 0.1) is 5.52 Å². The molecule has 2 aromatic carbocycles. The molecule has 122 valence electrons. The van der Waals surface area contributed by atoms with Crippen molar-refractivity contribution < 1.29 is 9.90 Å². The molecule has 5 nitrogen and oxygen atoms in total. The number of aryl methyl sites for hydroxylation is 1. The molecule has 0 atom stereocenters. The van der Waals surface area contributed by atoms with Gasteiger partial charge in [0.2, 0.25) is 5.88 Å². The molecule has 5 heteroatoms. The van der Waals surface area contributed by atoms with Gasteiger partial charge < -0.3 is 9.67 Å². The van der Waals surface area contributed by atoms with Crippen molar-refractivity contribution in [3.05, 3.63) is 60.2 Å². The topological polar surface area (TPSA) is 66.9 Å². The Balaban J connectivity index is 1.99. The molecule has 0 fully saturated rings. The van der Waals surface area contributed by atoms with E-state index in [1.165, 1.54) is 0 Å². The van der Waals surface area contributed by atoms with Crippen LogP contribution in [0.15, 0.2) is 64.8 Å². The second-order valence-corrected chi connectivity index (χ2v) is 5.57. The Morgan fingerprint density at radius 1 is 1.08 bits per heavy atom. The van der Waals surface area contributed by atoms with E-state index in [1.54, 1.807) is 24.3 Å². The van der Waals surface area contributed by atoms with Gasteiger partial charge in [0.1, 0.15) is 0 Å². The number of azo groups is 1. The van der Waals surface area contributed by atoms with Crippen LogP contribution >= 0.6 is 0 Å². The smallest absolute Gasteiger partial charge is 0.295 e. The number of para-hydroxylation sites is 1.